The van der Waals surface area contributed by atoms with Crippen molar-refractivity contribution in [3.8, 4) is 0 Å². The fourth-order valence-electron chi connectivity index (χ4n) is 1.04. The topological polar surface area (TPSA) is 12.9 Å². The van der Waals surface area contributed by atoms with Crippen LogP contribution >= 0.6 is 27.5 Å². The number of hydrogen-bond donors (Lipinski definition) is 0. The van der Waals surface area contributed by atoms with Crippen LogP contribution in [-0.4, -0.2) is 4.98 Å². The van der Waals surface area contributed by atoms with Crippen molar-refractivity contribution in [2.75, 3.05) is 0 Å². The van der Waals surface area contributed by atoms with Gasteiger partial charge in [0.05, 0.1) is 11.6 Å². The Kier molecular flexibility index (Phi) is 3.62. The maximum Gasteiger partial charge on any atom is 0.265 e. The van der Waals surface area contributed by atoms with Gasteiger partial charge in [-0.05, 0) is 28.4 Å². The lowest BCUT2D eigenvalue weighted by Gasteiger charge is -2.09. The van der Waals surface area contributed by atoms with E-state index >= 15 is 0 Å². The van der Waals surface area contributed by atoms with Crippen LogP contribution in [0.2, 0.25) is 0 Å². The second kappa shape index (κ2) is 4.33. The Morgan fingerprint density at radius 2 is 2.23 bits per heavy atom. The molecule has 0 fully saturated rings. The smallest absolute Gasteiger partial charge is 0.258 e. The van der Waals surface area contributed by atoms with Crippen LogP contribution in [0.3, 0.4) is 0 Å². The number of rotatable bonds is 2. The molecule has 0 N–H and O–H groups in total. The van der Waals surface area contributed by atoms with Crippen LogP contribution in [0.4, 0.5) is 8.78 Å². The van der Waals surface area contributed by atoms with Gasteiger partial charge in [-0.3, -0.25) is 4.98 Å². The number of pyridine rings is 1. The Bertz CT molecular complexity index is 317. The standard InChI is InChI=1S/C8H7BrClF2N/c1-4-5(9)3-13-6(2-10)7(4)8(11)12/h3,8H,2H2,1H3. The fraction of sp³-hybridized carbons (Fsp3) is 0.375. The zero-order valence-corrected chi connectivity index (χ0v) is 9.16. The molecular weight excluding hydrogens is 263 g/mol. The summed E-state index contributed by atoms with van der Waals surface area (Å²) in [6.45, 7) is 1.61. The molecule has 0 aromatic carbocycles. The van der Waals surface area contributed by atoms with E-state index in [1.54, 1.807) is 6.92 Å². The third kappa shape index (κ3) is 2.17. The quantitative estimate of drug-likeness (QED) is 0.744. The molecule has 1 aromatic heterocycles. The van der Waals surface area contributed by atoms with Crippen molar-refractivity contribution in [1.82, 2.24) is 4.98 Å². The average Bonchev–Trinajstić information content (AvgIpc) is 2.08. The average molecular weight is 271 g/mol. The summed E-state index contributed by atoms with van der Waals surface area (Å²) in [6.07, 6.45) is -1.04. The lowest BCUT2D eigenvalue weighted by atomic mass is 10.1. The van der Waals surface area contributed by atoms with E-state index in [1.165, 1.54) is 6.20 Å². The molecule has 0 saturated heterocycles. The minimum Gasteiger partial charge on any atom is -0.258 e. The van der Waals surface area contributed by atoms with Gasteiger partial charge in [-0.15, -0.1) is 11.6 Å². The van der Waals surface area contributed by atoms with E-state index in [1.807, 2.05) is 0 Å². The van der Waals surface area contributed by atoms with Gasteiger partial charge >= 0.3 is 0 Å². The molecule has 0 amide bonds. The Hall–Kier alpha value is -0.220. The number of halogens is 4. The first kappa shape index (κ1) is 10.9. The minimum absolute atomic E-state index is 0.00773. The molecule has 1 heterocycles. The summed E-state index contributed by atoms with van der Waals surface area (Å²) in [5.74, 6) is 0.00773. The molecule has 0 aliphatic rings. The van der Waals surface area contributed by atoms with Gasteiger partial charge < -0.3 is 0 Å². The summed E-state index contributed by atoms with van der Waals surface area (Å²) in [7, 11) is 0. The van der Waals surface area contributed by atoms with E-state index in [2.05, 4.69) is 20.9 Å². The van der Waals surface area contributed by atoms with Crippen molar-refractivity contribution in [3.05, 3.63) is 27.5 Å². The molecule has 72 valence electrons. The van der Waals surface area contributed by atoms with Crippen molar-refractivity contribution < 1.29 is 8.78 Å². The third-order valence-electron chi connectivity index (χ3n) is 1.75. The van der Waals surface area contributed by atoms with Gasteiger partial charge in [0, 0.05) is 16.2 Å². The first-order valence-electron chi connectivity index (χ1n) is 3.56. The van der Waals surface area contributed by atoms with Crippen molar-refractivity contribution >= 4 is 27.5 Å². The van der Waals surface area contributed by atoms with Crippen molar-refractivity contribution in [1.29, 1.82) is 0 Å². The molecule has 0 spiro atoms. The molecule has 0 aliphatic carbocycles. The normalized spacial score (nSPS) is 10.9. The zero-order valence-electron chi connectivity index (χ0n) is 6.82. The Balaban J connectivity index is 3.32. The summed E-state index contributed by atoms with van der Waals surface area (Å²) >= 11 is 8.63. The lowest BCUT2D eigenvalue weighted by molar-refractivity contribution is 0.149. The fourth-order valence-corrected chi connectivity index (χ4v) is 1.57. The SMILES string of the molecule is Cc1c(Br)cnc(CCl)c1C(F)F. The highest BCUT2D eigenvalue weighted by atomic mass is 79.9. The van der Waals surface area contributed by atoms with Gasteiger partial charge in [-0.25, -0.2) is 8.78 Å². The molecule has 13 heavy (non-hydrogen) atoms. The minimum atomic E-state index is -2.53. The number of nitrogens with zero attached hydrogens (tertiary/aromatic N) is 1. The van der Waals surface area contributed by atoms with Gasteiger partial charge in [0.2, 0.25) is 0 Å². The molecule has 1 aromatic rings. The van der Waals surface area contributed by atoms with E-state index in [0.717, 1.165) is 0 Å². The van der Waals surface area contributed by atoms with Crippen LogP contribution in [0.15, 0.2) is 10.7 Å². The predicted molar refractivity (Wildman–Crippen MR) is 51.2 cm³/mol. The summed E-state index contributed by atoms with van der Waals surface area (Å²) in [5.41, 5.74) is 0.683. The highest BCUT2D eigenvalue weighted by Crippen LogP contribution is 2.30. The van der Waals surface area contributed by atoms with Crippen LogP contribution in [0.25, 0.3) is 0 Å². The number of hydrogen-bond acceptors (Lipinski definition) is 1. The molecule has 1 nitrogen and oxygen atoms in total. The first-order chi connectivity index (χ1) is 6.07. The maximum absolute atomic E-state index is 12.5. The van der Waals surface area contributed by atoms with Gasteiger partial charge in [0.15, 0.2) is 0 Å². The van der Waals surface area contributed by atoms with Crippen LogP contribution in [0.5, 0.6) is 0 Å². The molecule has 1 rings (SSSR count). The Morgan fingerprint density at radius 1 is 1.62 bits per heavy atom. The third-order valence-corrected chi connectivity index (χ3v) is 2.80. The molecular formula is C8H7BrClF2N. The van der Waals surface area contributed by atoms with Gasteiger partial charge in [-0.2, -0.15) is 0 Å². The van der Waals surface area contributed by atoms with E-state index < -0.39 is 6.43 Å². The summed E-state index contributed by atoms with van der Waals surface area (Å²) in [5, 5.41) is 0. The molecule has 0 radical (unpaired) electrons. The van der Waals surface area contributed by atoms with Crippen molar-refractivity contribution in [2.45, 2.75) is 19.2 Å². The predicted octanol–water partition coefficient (Wildman–Crippen LogP) is 3.83. The monoisotopic (exact) mass is 269 g/mol. The molecule has 0 atom stereocenters. The second-order valence-electron chi connectivity index (χ2n) is 2.53. The molecule has 0 bridgehead atoms. The van der Waals surface area contributed by atoms with E-state index in [-0.39, 0.29) is 17.1 Å². The van der Waals surface area contributed by atoms with E-state index in [0.29, 0.717) is 10.0 Å². The first-order valence-corrected chi connectivity index (χ1v) is 4.88. The molecule has 0 unspecified atom stereocenters. The lowest BCUT2D eigenvalue weighted by Crippen LogP contribution is -2.00. The van der Waals surface area contributed by atoms with Gasteiger partial charge in [-0.1, -0.05) is 0 Å². The molecule has 0 saturated carbocycles. The highest BCUT2D eigenvalue weighted by Gasteiger charge is 2.18. The second-order valence-corrected chi connectivity index (χ2v) is 3.65. The highest BCUT2D eigenvalue weighted by molar-refractivity contribution is 9.10. The van der Waals surface area contributed by atoms with Crippen LogP contribution in [0, 0.1) is 6.92 Å². The van der Waals surface area contributed by atoms with Gasteiger partial charge in [0.25, 0.3) is 6.43 Å². The maximum atomic E-state index is 12.5. The zero-order chi connectivity index (χ0) is 10.0. The molecule has 5 heteroatoms. The van der Waals surface area contributed by atoms with Crippen LogP contribution in [-0.2, 0) is 5.88 Å². The Labute approximate surface area is 88.2 Å². The summed E-state index contributed by atoms with van der Waals surface area (Å²) in [4.78, 5) is 3.82. The van der Waals surface area contributed by atoms with Crippen LogP contribution < -0.4 is 0 Å². The van der Waals surface area contributed by atoms with Crippen molar-refractivity contribution in [2.24, 2.45) is 0 Å². The summed E-state index contributed by atoms with van der Waals surface area (Å²) in [6, 6.07) is 0. The number of alkyl halides is 3. The van der Waals surface area contributed by atoms with Crippen LogP contribution in [0.1, 0.15) is 23.2 Å². The van der Waals surface area contributed by atoms with E-state index in [4.69, 9.17) is 11.6 Å². The number of aromatic nitrogens is 1. The van der Waals surface area contributed by atoms with Gasteiger partial charge in [0.1, 0.15) is 0 Å². The van der Waals surface area contributed by atoms with Crippen molar-refractivity contribution in [3.63, 3.8) is 0 Å². The van der Waals surface area contributed by atoms with E-state index in [9.17, 15) is 8.78 Å². The summed E-state index contributed by atoms with van der Waals surface area (Å²) < 4.78 is 25.7. The largest absolute Gasteiger partial charge is 0.265 e. The molecule has 0 aliphatic heterocycles. The Morgan fingerprint density at radius 3 is 2.69 bits per heavy atom.